The van der Waals surface area contributed by atoms with Gasteiger partial charge in [-0.2, -0.15) is 0 Å². The van der Waals surface area contributed by atoms with E-state index in [1.807, 2.05) is 0 Å². The third kappa shape index (κ3) is 4.01. The van der Waals surface area contributed by atoms with E-state index in [4.69, 9.17) is 4.74 Å². The largest absolute Gasteiger partial charge is 0.450 e. The Labute approximate surface area is 155 Å². The number of piperazine rings is 1. The molecule has 146 valence electrons. The van der Waals surface area contributed by atoms with E-state index >= 15 is 0 Å². The Kier molecular flexibility index (Phi) is 5.57. The topological polar surface area (TPSA) is 70.2 Å². The third-order valence-electron chi connectivity index (χ3n) is 4.79. The van der Waals surface area contributed by atoms with Crippen molar-refractivity contribution in [3.63, 3.8) is 0 Å². The molecule has 3 rings (SSSR count). The maximum absolute atomic E-state index is 14.0. The highest BCUT2D eigenvalue weighted by molar-refractivity contribution is 6.00. The molecule has 1 atom stereocenters. The van der Waals surface area contributed by atoms with E-state index in [0.717, 1.165) is 6.07 Å². The normalized spacial score (nSPS) is 20.2. The van der Waals surface area contributed by atoms with E-state index in [-0.39, 0.29) is 37.1 Å². The first-order valence-electron chi connectivity index (χ1n) is 8.86. The van der Waals surface area contributed by atoms with Gasteiger partial charge >= 0.3 is 6.09 Å². The fraction of sp³-hybridized carbons (Fsp3) is 0.500. The quantitative estimate of drug-likeness (QED) is 0.798. The van der Waals surface area contributed by atoms with Crippen molar-refractivity contribution in [2.75, 3.05) is 44.2 Å². The highest BCUT2D eigenvalue weighted by atomic mass is 19.1. The van der Waals surface area contributed by atoms with Crippen LogP contribution in [0.25, 0.3) is 0 Å². The minimum atomic E-state index is -0.834. The fourth-order valence-corrected chi connectivity index (χ4v) is 3.39. The monoisotopic (exact) mass is 381 g/mol. The maximum Gasteiger partial charge on any atom is 0.409 e. The molecule has 0 saturated carbocycles. The maximum atomic E-state index is 14.0. The molecular weight excluding hydrogens is 360 g/mol. The predicted octanol–water partition coefficient (Wildman–Crippen LogP) is 1.62. The van der Waals surface area contributed by atoms with E-state index in [1.165, 1.54) is 15.9 Å². The number of anilines is 1. The average molecular weight is 381 g/mol. The van der Waals surface area contributed by atoms with Crippen LogP contribution in [-0.4, -0.2) is 67.0 Å². The zero-order chi connectivity index (χ0) is 19.6. The molecule has 0 spiro atoms. The molecule has 2 heterocycles. The van der Waals surface area contributed by atoms with Gasteiger partial charge in [-0.15, -0.1) is 0 Å². The summed E-state index contributed by atoms with van der Waals surface area (Å²) >= 11 is 0. The summed E-state index contributed by atoms with van der Waals surface area (Å²) in [4.78, 5) is 41.0. The summed E-state index contributed by atoms with van der Waals surface area (Å²) in [5.74, 6) is -2.72. The van der Waals surface area contributed by atoms with Gasteiger partial charge < -0.3 is 19.4 Å². The van der Waals surface area contributed by atoms with Gasteiger partial charge in [0.05, 0.1) is 18.2 Å². The number of hydrogen-bond donors (Lipinski definition) is 0. The fourth-order valence-electron chi connectivity index (χ4n) is 3.39. The molecule has 7 nitrogen and oxygen atoms in total. The van der Waals surface area contributed by atoms with Gasteiger partial charge in [0.15, 0.2) is 0 Å². The molecule has 0 aromatic heterocycles. The molecule has 2 fully saturated rings. The Bertz CT molecular complexity index is 750. The summed E-state index contributed by atoms with van der Waals surface area (Å²) in [5, 5.41) is 0. The zero-order valence-corrected chi connectivity index (χ0v) is 15.0. The molecule has 0 radical (unpaired) electrons. The first-order chi connectivity index (χ1) is 12.9. The Morgan fingerprint density at radius 3 is 2.44 bits per heavy atom. The molecule has 2 aliphatic rings. The number of nitrogens with zero attached hydrogens (tertiary/aromatic N) is 3. The van der Waals surface area contributed by atoms with Crippen LogP contribution in [0.5, 0.6) is 0 Å². The second kappa shape index (κ2) is 7.89. The van der Waals surface area contributed by atoms with E-state index in [2.05, 4.69) is 0 Å². The van der Waals surface area contributed by atoms with Crippen LogP contribution in [0.1, 0.15) is 13.3 Å². The van der Waals surface area contributed by atoms with Crippen LogP contribution < -0.4 is 4.90 Å². The summed E-state index contributed by atoms with van der Waals surface area (Å²) in [6.45, 7) is 3.50. The van der Waals surface area contributed by atoms with Gasteiger partial charge in [-0.25, -0.2) is 13.6 Å². The van der Waals surface area contributed by atoms with E-state index in [9.17, 15) is 23.2 Å². The lowest BCUT2D eigenvalue weighted by Crippen LogP contribution is -2.52. The highest BCUT2D eigenvalue weighted by Crippen LogP contribution is 2.29. The van der Waals surface area contributed by atoms with Gasteiger partial charge in [-0.1, -0.05) is 0 Å². The van der Waals surface area contributed by atoms with Crippen LogP contribution in [0.15, 0.2) is 18.2 Å². The number of carbonyl (C=O) groups is 3. The third-order valence-corrected chi connectivity index (χ3v) is 4.79. The molecule has 1 aromatic rings. The number of ether oxygens (including phenoxy) is 1. The number of halogens is 2. The van der Waals surface area contributed by atoms with Crippen molar-refractivity contribution >= 4 is 23.6 Å². The van der Waals surface area contributed by atoms with Gasteiger partial charge in [0, 0.05) is 45.2 Å². The number of carbonyl (C=O) groups excluding carboxylic acids is 3. The van der Waals surface area contributed by atoms with E-state index < -0.39 is 23.6 Å². The minimum absolute atomic E-state index is 0.0201. The van der Waals surface area contributed by atoms with Crippen LogP contribution >= 0.6 is 0 Å². The summed E-state index contributed by atoms with van der Waals surface area (Å²) < 4.78 is 32.0. The first-order valence-corrected chi connectivity index (χ1v) is 8.86. The highest BCUT2D eigenvalue weighted by Gasteiger charge is 2.39. The lowest BCUT2D eigenvalue weighted by atomic mass is 10.1. The second-order valence-electron chi connectivity index (χ2n) is 6.51. The molecule has 2 saturated heterocycles. The standard InChI is InChI=1S/C18H21F2N3O4/c1-2-27-18(26)22-7-5-21(6-8-22)17(25)12-9-16(24)23(11-12)15-4-3-13(19)10-14(15)20/h3-4,10,12H,2,5-9,11H2,1H3. The van der Waals surface area contributed by atoms with Crippen LogP contribution in [0.2, 0.25) is 0 Å². The molecule has 0 N–H and O–H groups in total. The average Bonchev–Trinajstić information content (AvgIpc) is 3.03. The number of rotatable bonds is 3. The van der Waals surface area contributed by atoms with Crippen LogP contribution in [0, 0.1) is 17.6 Å². The van der Waals surface area contributed by atoms with Crippen LogP contribution in [-0.2, 0) is 14.3 Å². The number of amides is 3. The molecule has 0 bridgehead atoms. The van der Waals surface area contributed by atoms with Crippen molar-refractivity contribution in [3.05, 3.63) is 29.8 Å². The summed E-state index contributed by atoms with van der Waals surface area (Å²) in [6, 6.07) is 3.00. The Hall–Kier alpha value is -2.71. The molecular formula is C18H21F2N3O4. The van der Waals surface area contributed by atoms with Crippen LogP contribution in [0.4, 0.5) is 19.3 Å². The SMILES string of the molecule is CCOC(=O)N1CCN(C(=O)C2CC(=O)N(c3ccc(F)cc3F)C2)CC1. The summed E-state index contributed by atoms with van der Waals surface area (Å²) in [5.41, 5.74) is -0.0242. The van der Waals surface area contributed by atoms with Gasteiger partial charge in [-0.05, 0) is 19.1 Å². The second-order valence-corrected chi connectivity index (χ2v) is 6.51. The number of benzene rings is 1. The molecule has 9 heteroatoms. The summed E-state index contributed by atoms with van der Waals surface area (Å²) in [7, 11) is 0. The molecule has 27 heavy (non-hydrogen) atoms. The van der Waals surface area contributed by atoms with Crippen molar-refractivity contribution in [3.8, 4) is 0 Å². The Balaban J connectivity index is 1.60. The Morgan fingerprint density at radius 1 is 1.15 bits per heavy atom. The van der Waals surface area contributed by atoms with Gasteiger partial charge in [-0.3, -0.25) is 9.59 Å². The molecule has 0 aliphatic carbocycles. The van der Waals surface area contributed by atoms with Crippen molar-refractivity contribution < 1.29 is 27.9 Å². The van der Waals surface area contributed by atoms with Crippen molar-refractivity contribution in [2.45, 2.75) is 13.3 Å². The minimum Gasteiger partial charge on any atom is -0.450 e. The number of hydrogen-bond acceptors (Lipinski definition) is 4. The summed E-state index contributed by atoms with van der Waals surface area (Å²) in [6.07, 6.45) is -0.424. The smallest absolute Gasteiger partial charge is 0.409 e. The van der Waals surface area contributed by atoms with Crippen LogP contribution in [0.3, 0.4) is 0 Å². The zero-order valence-electron chi connectivity index (χ0n) is 15.0. The van der Waals surface area contributed by atoms with Gasteiger partial charge in [0.1, 0.15) is 11.6 Å². The lowest BCUT2D eigenvalue weighted by Gasteiger charge is -2.35. The Morgan fingerprint density at radius 2 is 1.81 bits per heavy atom. The van der Waals surface area contributed by atoms with E-state index in [0.29, 0.717) is 32.2 Å². The molecule has 3 amide bonds. The lowest BCUT2D eigenvalue weighted by molar-refractivity contribution is -0.137. The van der Waals surface area contributed by atoms with E-state index in [1.54, 1.807) is 11.8 Å². The van der Waals surface area contributed by atoms with Gasteiger partial charge in [0.25, 0.3) is 0 Å². The molecule has 1 unspecified atom stereocenters. The van der Waals surface area contributed by atoms with Crippen molar-refractivity contribution in [1.82, 2.24) is 9.80 Å². The predicted molar refractivity (Wildman–Crippen MR) is 92.0 cm³/mol. The van der Waals surface area contributed by atoms with Crippen molar-refractivity contribution in [2.24, 2.45) is 5.92 Å². The first kappa shape index (κ1) is 19.1. The van der Waals surface area contributed by atoms with Gasteiger partial charge in [0.2, 0.25) is 11.8 Å². The molecule has 2 aliphatic heterocycles. The molecule has 1 aromatic carbocycles. The van der Waals surface area contributed by atoms with Crippen molar-refractivity contribution in [1.29, 1.82) is 0 Å².